The lowest BCUT2D eigenvalue weighted by atomic mass is 9.79. The molecule has 9 heteroatoms. The van der Waals surface area contributed by atoms with Crippen LogP contribution in [0.4, 0.5) is 28.0 Å². The van der Waals surface area contributed by atoms with E-state index >= 15 is 0 Å². The number of hydrogen-bond donors (Lipinski definition) is 1. The van der Waals surface area contributed by atoms with Crippen molar-refractivity contribution >= 4 is 11.7 Å². The number of rotatable bonds is 7. The maximum Gasteiger partial charge on any atom is 0.419 e. The van der Waals surface area contributed by atoms with E-state index in [-0.39, 0.29) is 17.1 Å². The monoisotopic (exact) mass is 556 g/mol. The number of likely N-dealkylation sites (tertiary alicyclic amines) is 1. The molecule has 2 aromatic rings. The topological polar surface area (TPSA) is 59.4 Å². The molecule has 3 aliphatic rings. The van der Waals surface area contributed by atoms with Crippen molar-refractivity contribution in [1.82, 2.24) is 9.80 Å². The van der Waals surface area contributed by atoms with Gasteiger partial charge in [-0.25, -0.2) is 9.18 Å². The zero-order valence-corrected chi connectivity index (χ0v) is 22.8. The van der Waals surface area contributed by atoms with Crippen LogP contribution in [0, 0.1) is 29.0 Å². The first kappa shape index (κ1) is 28.4. The lowest BCUT2D eigenvalue weighted by molar-refractivity contribution is -0.139. The zero-order chi connectivity index (χ0) is 28.5. The fraction of sp³-hybridized carbons (Fsp3) is 0.548. The Labute approximate surface area is 233 Å². The molecule has 1 N–H and O–H groups in total. The number of carbonyl (C=O) groups excluding carboxylic acids is 1. The van der Waals surface area contributed by atoms with Gasteiger partial charge in [0.05, 0.1) is 17.2 Å². The molecular weight excluding hydrogens is 520 g/mol. The number of nitriles is 1. The SMILES string of the molecule is CCCN1CCC(CN(C(=O)Nc2ccc(F)c(C(F)(F)F)c2)[C@@H]2CC[C@]3(c4cccc(C#N)c4)CC3C2)CC1. The summed E-state index contributed by atoms with van der Waals surface area (Å²) in [5.74, 6) is -0.653. The molecule has 1 aliphatic heterocycles. The second-order valence-electron chi connectivity index (χ2n) is 11.7. The molecule has 2 amide bonds. The number of piperidine rings is 1. The average molecular weight is 557 g/mol. The van der Waals surface area contributed by atoms with Crippen LogP contribution in [0.3, 0.4) is 0 Å². The molecule has 5 rings (SSSR count). The first-order chi connectivity index (χ1) is 19.1. The molecule has 40 heavy (non-hydrogen) atoms. The number of halogens is 4. The van der Waals surface area contributed by atoms with E-state index in [1.807, 2.05) is 17.0 Å². The van der Waals surface area contributed by atoms with Crippen LogP contribution < -0.4 is 5.32 Å². The molecule has 2 aromatic carbocycles. The normalized spacial score (nSPS) is 25.1. The fourth-order valence-corrected chi connectivity index (χ4v) is 6.95. The molecule has 5 nitrogen and oxygen atoms in total. The first-order valence-electron chi connectivity index (χ1n) is 14.3. The first-order valence-corrected chi connectivity index (χ1v) is 14.3. The summed E-state index contributed by atoms with van der Waals surface area (Å²) in [5.41, 5.74) is 0.412. The Hall–Kier alpha value is -3.12. The van der Waals surface area contributed by atoms with Crippen LogP contribution in [0.15, 0.2) is 42.5 Å². The molecule has 3 atom stereocenters. The minimum atomic E-state index is -4.85. The van der Waals surface area contributed by atoms with Crippen molar-refractivity contribution in [3.63, 3.8) is 0 Å². The van der Waals surface area contributed by atoms with Gasteiger partial charge in [-0.05, 0) is 118 Å². The number of hydrogen-bond acceptors (Lipinski definition) is 3. The van der Waals surface area contributed by atoms with E-state index in [1.165, 1.54) is 11.6 Å². The molecule has 1 saturated heterocycles. The number of benzene rings is 2. The number of carbonyl (C=O) groups is 1. The second-order valence-corrected chi connectivity index (χ2v) is 11.7. The maximum absolute atomic E-state index is 13.9. The van der Waals surface area contributed by atoms with Gasteiger partial charge in [0.2, 0.25) is 0 Å². The van der Waals surface area contributed by atoms with Gasteiger partial charge >= 0.3 is 12.2 Å². The predicted octanol–water partition coefficient (Wildman–Crippen LogP) is 7.18. The molecule has 214 valence electrons. The average Bonchev–Trinajstić information content (AvgIpc) is 3.68. The molecule has 0 radical (unpaired) electrons. The molecule has 0 spiro atoms. The van der Waals surface area contributed by atoms with Gasteiger partial charge < -0.3 is 15.1 Å². The van der Waals surface area contributed by atoms with Crippen LogP contribution in [0.25, 0.3) is 0 Å². The Kier molecular flexibility index (Phi) is 8.10. The third-order valence-corrected chi connectivity index (χ3v) is 9.21. The molecule has 0 aromatic heterocycles. The van der Waals surface area contributed by atoms with Crippen molar-refractivity contribution < 1.29 is 22.4 Å². The highest BCUT2D eigenvalue weighted by Gasteiger charge is 2.58. The van der Waals surface area contributed by atoms with Gasteiger partial charge in [0.15, 0.2) is 0 Å². The highest BCUT2D eigenvalue weighted by Crippen LogP contribution is 2.63. The van der Waals surface area contributed by atoms with Crippen molar-refractivity contribution in [1.29, 1.82) is 5.26 Å². The Morgan fingerprint density at radius 1 is 1.18 bits per heavy atom. The molecule has 2 aliphatic carbocycles. The van der Waals surface area contributed by atoms with E-state index in [9.17, 15) is 27.6 Å². The number of alkyl halides is 3. The van der Waals surface area contributed by atoms with Gasteiger partial charge in [0.25, 0.3) is 0 Å². The highest BCUT2D eigenvalue weighted by molar-refractivity contribution is 5.89. The molecular formula is C31H36F4N4O. The summed E-state index contributed by atoms with van der Waals surface area (Å²) in [4.78, 5) is 17.9. The van der Waals surface area contributed by atoms with E-state index in [0.717, 1.165) is 70.6 Å². The van der Waals surface area contributed by atoms with Crippen LogP contribution in [0.5, 0.6) is 0 Å². The van der Waals surface area contributed by atoms with Gasteiger partial charge in [-0.1, -0.05) is 19.1 Å². The molecule has 1 heterocycles. The molecule has 2 saturated carbocycles. The number of fused-ring (bicyclic) bond motifs is 1. The summed E-state index contributed by atoms with van der Waals surface area (Å²) in [6.07, 6.45) is 1.69. The van der Waals surface area contributed by atoms with Crippen LogP contribution in [0.2, 0.25) is 0 Å². The van der Waals surface area contributed by atoms with Crippen molar-refractivity contribution in [2.45, 2.75) is 69.5 Å². The predicted molar refractivity (Wildman–Crippen MR) is 145 cm³/mol. The Morgan fingerprint density at radius 3 is 2.62 bits per heavy atom. The summed E-state index contributed by atoms with van der Waals surface area (Å²) in [6, 6.07) is 12.1. The van der Waals surface area contributed by atoms with E-state index in [0.29, 0.717) is 30.0 Å². The van der Waals surface area contributed by atoms with Gasteiger partial charge in [0.1, 0.15) is 5.82 Å². The summed E-state index contributed by atoms with van der Waals surface area (Å²) in [7, 11) is 0. The van der Waals surface area contributed by atoms with E-state index in [4.69, 9.17) is 0 Å². The fourth-order valence-electron chi connectivity index (χ4n) is 6.95. The van der Waals surface area contributed by atoms with Crippen LogP contribution >= 0.6 is 0 Å². The minimum Gasteiger partial charge on any atom is -0.321 e. The largest absolute Gasteiger partial charge is 0.419 e. The van der Waals surface area contributed by atoms with Gasteiger partial charge in [-0.3, -0.25) is 0 Å². The van der Waals surface area contributed by atoms with Crippen molar-refractivity contribution in [3.05, 3.63) is 65.0 Å². The summed E-state index contributed by atoms with van der Waals surface area (Å²) >= 11 is 0. The molecule has 1 unspecified atom stereocenters. The second kappa shape index (κ2) is 11.4. The quantitative estimate of drug-likeness (QED) is 0.368. The van der Waals surface area contributed by atoms with Crippen molar-refractivity contribution in [2.75, 3.05) is 31.5 Å². The number of anilines is 1. The number of urea groups is 1. The standard InChI is InChI=1S/C31H36F4N4O/c1-2-12-38-13-9-21(10-14-38)20-39(29(40)37-25-6-7-28(32)27(17-25)31(33,34)35)26-8-11-30(18-24(30)16-26)23-5-3-4-22(15-23)19-36/h3-7,15,17,21,24,26H,2,8-14,16,18,20H2,1H3,(H,37,40)/t24?,26-,30-/m1/s1. The minimum absolute atomic E-state index is 0.0315. The lowest BCUT2D eigenvalue weighted by Crippen LogP contribution is -2.49. The zero-order valence-electron chi connectivity index (χ0n) is 22.8. The van der Waals surface area contributed by atoms with Crippen LogP contribution in [-0.2, 0) is 11.6 Å². The Bertz CT molecular complexity index is 1270. The molecule has 0 bridgehead atoms. The number of amides is 2. The third kappa shape index (κ3) is 5.97. The van der Waals surface area contributed by atoms with Crippen molar-refractivity contribution in [2.24, 2.45) is 11.8 Å². The maximum atomic E-state index is 13.9. The Balaban J connectivity index is 1.32. The van der Waals surface area contributed by atoms with Crippen LogP contribution in [-0.4, -0.2) is 48.1 Å². The van der Waals surface area contributed by atoms with Crippen LogP contribution in [0.1, 0.15) is 68.6 Å². The van der Waals surface area contributed by atoms with E-state index in [2.05, 4.69) is 29.3 Å². The number of nitrogens with one attached hydrogen (secondary N) is 1. The van der Waals surface area contributed by atoms with E-state index in [1.54, 1.807) is 6.07 Å². The Morgan fingerprint density at radius 2 is 1.95 bits per heavy atom. The molecule has 3 fully saturated rings. The van der Waals surface area contributed by atoms with Crippen molar-refractivity contribution in [3.8, 4) is 6.07 Å². The third-order valence-electron chi connectivity index (χ3n) is 9.21. The lowest BCUT2D eigenvalue weighted by Gasteiger charge is -2.40. The summed E-state index contributed by atoms with van der Waals surface area (Å²) < 4.78 is 53.7. The van der Waals surface area contributed by atoms with Gasteiger partial charge in [-0.15, -0.1) is 0 Å². The van der Waals surface area contributed by atoms with E-state index < -0.39 is 23.6 Å². The smallest absolute Gasteiger partial charge is 0.321 e. The van der Waals surface area contributed by atoms with Gasteiger partial charge in [0, 0.05) is 18.3 Å². The summed E-state index contributed by atoms with van der Waals surface area (Å²) in [5, 5.41) is 12.0. The highest BCUT2D eigenvalue weighted by atomic mass is 19.4. The van der Waals surface area contributed by atoms with Gasteiger partial charge in [-0.2, -0.15) is 18.4 Å². The number of nitrogens with zero attached hydrogens (tertiary/aromatic N) is 3. The summed E-state index contributed by atoms with van der Waals surface area (Å²) in [6.45, 7) is 5.73.